The van der Waals surface area contributed by atoms with E-state index in [2.05, 4.69) is 29.0 Å². The predicted molar refractivity (Wildman–Crippen MR) is 149 cm³/mol. The van der Waals surface area contributed by atoms with Crippen LogP contribution in [0.5, 0.6) is 0 Å². The molecule has 0 unspecified atom stereocenters. The summed E-state index contributed by atoms with van der Waals surface area (Å²) >= 11 is 0. The van der Waals surface area contributed by atoms with Gasteiger partial charge in [-0.2, -0.15) is 0 Å². The summed E-state index contributed by atoms with van der Waals surface area (Å²) in [5.41, 5.74) is 2.86. The first kappa shape index (κ1) is 28.5. The SMILES string of the molecule is Cc1cc(CNC(=O)c2cn3c(N4CCC(C)(C)CC4)c([C@H](OC(C)(C)C)C(=O)O)c(C)cc3n2)ccc1F. The van der Waals surface area contributed by atoms with Crippen LogP contribution in [0.15, 0.2) is 30.5 Å². The number of aromatic nitrogens is 2. The van der Waals surface area contributed by atoms with Gasteiger partial charge in [0.1, 0.15) is 23.0 Å². The summed E-state index contributed by atoms with van der Waals surface area (Å²) in [7, 11) is 0. The van der Waals surface area contributed by atoms with E-state index in [9.17, 15) is 19.1 Å². The average Bonchev–Trinajstić information content (AvgIpc) is 3.25. The Bertz CT molecular complexity index is 1400. The Morgan fingerprint density at radius 1 is 1.15 bits per heavy atom. The molecule has 0 saturated carbocycles. The molecular weight excluding hydrogens is 499 g/mol. The minimum atomic E-state index is -1.19. The second-order valence-electron chi connectivity index (χ2n) is 12.3. The van der Waals surface area contributed by atoms with Crippen molar-refractivity contribution in [3.63, 3.8) is 0 Å². The van der Waals surface area contributed by atoms with Gasteiger partial charge in [0.05, 0.1) is 5.60 Å². The lowest BCUT2D eigenvalue weighted by molar-refractivity contribution is -0.160. The fourth-order valence-electron chi connectivity index (χ4n) is 5.00. The number of halogens is 1. The van der Waals surface area contributed by atoms with Gasteiger partial charge in [-0.25, -0.2) is 14.2 Å². The zero-order valence-electron chi connectivity index (χ0n) is 23.9. The van der Waals surface area contributed by atoms with Gasteiger partial charge in [0, 0.05) is 31.4 Å². The summed E-state index contributed by atoms with van der Waals surface area (Å²) in [6.45, 7) is 15.2. The molecule has 3 heterocycles. The van der Waals surface area contributed by atoms with E-state index in [4.69, 9.17) is 4.74 Å². The van der Waals surface area contributed by atoms with Crippen molar-refractivity contribution in [2.75, 3.05) is 18.0 Å². The number of carboxylic acids is 1. The van der Waals surface area contributed by atoms with Gasteiger partial charge in [-0.15, -0.1) is 0 Å². The van der Waals surface area contributed by atoms with Crippen molar-refractivity contribution in [2.45, 2.75) is 79.6 Å². The molecule has 0 aliphatic carbocycles. The molecule has 1 aromatic carbocycles. The molecular formula is C30H39FN4O4. The molecule has 210 valence electrons. The first-order valence-electron chi connectivity index (χ1n) is 13.4. The van der Waals surface area contributed by atoms with Gasteiger partial charge in [0.2, 0.25) is 0 Å². The molecule has 1 atom stereocenters. The van der Waals surface area contributed by atoms with Crippen molar-refractivity contribution in [1.82, 2.24) is 14.7 Å². The molecule has 0 bridgehead atoms. The van der Waals surface area contributed by atoms with E-state index >= 15 is 0 Å². The Morgan fingerprint density at radius 2 is 1.82 bits per heavy atom. The third kappa shape index (κ3) is 6.41. The molecule has 4 rings (SSSR count). The Kier molecular flexibility index (Phi) is 7.76. The van der Waals surface area contributed by atoms with Gasteiger partial charge < -0.3 is 20.1 Å². The Morgan fingerprint density at radius 3 is 2.41 bits per heavy atom. The Labute approximate surface area is 229 Å². The minimum absolute atomic E-state index is 0.187. The highest BCUT2D eigenvalue weighted by atomic mass is 19.1. The molecule has 1 fully saturated rings. The van der Waals surface area contributed by atoms with Crippen LogP contribution in [0, 0.1) is 25.1 Å². The predicted octanol–water partition coefficient (Wildman–Crippen LogP) is 5.59. The number of nitrogens with one attached hydrogen (secondary N) is 1. The number of carbonyl (C=O) groups excluding carboxylic acids is 1. The average molecular weight is 539 g/mol. The smallest absolute Gasteiger partial charge is 0.337 e. The normalized spacial score (nSPS) is 16.4. The van der Waals surface area contributed by atoms with Crippen LogP contribution < -0.4 is 10.2 Å². The topological polar surface area (TPSA) is 96.2 Å². The summed E-state index contributed by atoms with van der Waals surface area (Å²) in [6.07, 6.45) is 2.35. The quantitative estimate of drug-likeness (QED) is 0.407. The van der Waals surface area contributed by atoms with Gasteiger partial charge in [-0.3, -0.25) is 9.20 Å². The number of rotatable bonds is 7. The van der Waals surface area contributed by atoms with Crippen LogP contribution >= 0.6 is 0 Å². The van der Waals surface area contributed by atoms with Crippen LogP contribution in [0.2, 0.25) is 0 Å². The van der Waals surface area contributed by atoms with E-state index in [1.54, 1.807) is 31.3 Å². The van der Waals surface area contributed by atoms with E-state index in [0.717, 1.165) is 37.1 Å². The number of ether oxygens (including phenoxy) is 1. The van der Waals surface area contributed by atoms with Gasteiger partial charge in [0.15, 0.2) is 6.10 Å². The molecule has 1 aliphatic heterocycles. The zero-order valence-corrected chi connectivity index (χ0v) is 23.9. The van der Waals surface area contributed by atoms with Crippen LogP contribution in [0.25, 0.3) is 5.65 Å². The lowest BCUT2D eigenvalue weighted by Gasteiger charge is -2.40. The third-order valence-electron chi connectivity index (χ3n) is 7.26. The Hall–Kier alpha value is -3.46. The highest BCUT2D eigenvalue weighted by Gasteiger charge is 2.35. The third-order valence-corrected chi connectivity index (χ3v) is 7.26. The lowest BCUT2D eigenvalue weighted by atomic mass is 9.82. The number of anilines is 1. The van der Waals surface area contributed by atoms with Crippen LogP contribution in [-0.4, -0.2) is 45.1 Å². The largest absolute Gasteiger partial charge is 0.479 e. The fraction of sp³-hybridized carbons (Fsp3) is 0.500. The van der Waals surface area contributed by atoms with Crippen LogP contribution in [-0.2, 0) is 16.1 Å². The molecule has 0 radical (unpaired) electrons. The van der Waals surface area contributed by atoms with Crippen molar-refractivity contribution >= 4 is 23.3 Å². The van der Waals surface area contributed by atoms with Gasteiger partial charge in [0.25, 0.3) is 5.91 Å². The lowest BCUT2D eigenvalue weighted by Crippen LogP contribution is -2.40. The number of carbonyl (C=O) groups is 2. The first-order valence-corrected chi connectivity index (χ1v) is 13.4. The highest BCUT2D eigenvalue weighted by molar-refractivity contribution is 5.93. The molecule has 1 amide bonds. The number of fused-ring (bicyclic) bond motifs is 1. The maximum absolute atomic E-state index is 13.6. The van der Waals surface area contributed by atoms with Crippen LogP contribution in [0.4, 0.5) is 10.2 Å². The first-order chi connectivity index (χ1) is 18.1. The second-order valence-corrected chi connectivity index (χ2v) is 12.3. The minimum Gasteiger partial charge on any atom is -0.479 e. The van der Waals surface area contributed by atoms with Gasteiger partial charge in [-0.1, -0.05) is 26.0 Å². The van der Waals surface area contributed by atoms with Crippen molar-refractivity contribution in [2.24, 2.45) is 5.41 Å². The maximum Gasteiger partial charge on any atom is 0.337 e. The standard InChI is InChI=1S/C30H39FN4O4/c1-18-14-20(8-9-21(18)31)16-32-26(36)22-17-35-23(33-22)15-19(2)24(25(28(37)38)39-29(3,4)5)27(35)34-12-10-30(6,7)11-13-34/h8-9,14-15,17,25H,10-13,16H2,1-7H3,(H,32,36)(H,37,38)/t25-/m0/s1. The molecule has 9 heteroatoms. The number of benzene rings is 1. The number of piperidine rings is 1. The number of hydrogen-bond acceptors (Lipinski definition) is 5. The molecule has 1 saturated heterocycles. The van der Waals surface area contributed by atoms with E-state index in [0.29, 0.717) is 22.6 Å². The number of carboxylic acid groups (broad SMARTS) is 1. The van der Waals surface area contributed by atoms with E-state index in [1.807, 2.05) is 32.1 Å². The summed E-state index contributed by atoms with van der Waals surface area (Å²) < 4.78 is 21.5. The van der Waals surface area contributed by atoms with Gasteiger partial charge >= 0.3 is 5.97 Å². The van der Waals surface area contributed by atoms with E-state index in [1.165, 1.54) is 6.07 Å². The number of aryl methyl sites for hydroxylation is 2. The van der Waals surface area contributed by atoms with Crippen molar-refractivity contribution in [3.8, 4) is 0 Å². The molecule has 8 nitrogen and oxygen atoms in total. The molecule has 2 N–H and O–H groups in total. The number of imidazole rings is 1. The summed E-state index contributed by atoms with van der Waals surface area (Å²) in [4.78, 5) is 32.4. The summed E-state index contributed by atoms with van der Waals surface area (Å²) in [6, 6.07) is 6.52. The number of aliphatic carboxylic acids is 1. The molecule has 0 spiro atoms. The van der Waals surface area contributed by atoms with Crippen LogP contribution in [0.3, 0.4) is 0 Å². The summed E-state index contributed by atoms with van der Waals surface area (Å²) in [5.74, 6) is -1.04. The summed E-state index contributed by atoms with van der Waals surface area (Å²) in [5, 5.41) is 13.1. The van der Waals surface area contributed by atoms with Gasteiger partial charge in [-0.05, 0) is 81.7 Å². The zero-order chi connectivity index (χ0) is 28.7. The molecule has 3 aromatic rings. The van der Waals surface area contributed by atoms with Crippen LogP contribution in [0.1, 0.15) is 86.3 Å². The highest BCUT2D eigenvalue weighted by Crippen LogP contribution is 2.39. The van der Waals surface area contributed by atoms with E-state index < -0.39 is 17.7 Å². The molecule has 2 aromatic heterocycles. The Balaban J connectivity index is 1.76. The number of nitrogens with zero attached hydrogens (tertiary/aromatic N) is 3. The molecule has 39 heavy (non-hydrogen) atoms. The molecule has 1 aliphatic rings. The fourth-order valence-corrected chi connectivity index (χ4v) is 5.00. The maximum atomic E-state index is 13.6. The second kappa shape index (κ2) is 10.6. The number of hydrogen-bond donors (Lipinski definition) is 2. The number of pyridine rings is 1. The van der Waals surface area contributed by atoms with Crippen molar-refractivity contribution in [1.29, 1.82) is 0 Å². The monoisotopic (exact) mass is 538 g/mol. The van der Waals surface area contributed by atoms with E-state index in [-0.39, 0.29) is 29.4 Å². The van der Waals surface area contributed by atoms with Crippen molar-refractivity contribution in [3.05, 3.63) is 64.2 Å². The number of amides is 1. The van der Waals surface area contributed by atoms with Crippen molar-refractivity contribution < 1.29 is 23.8 Å².